The van der Waals surface area contributed by atoms with Crippen molar-refractivity contribution in [2.45, 2.75) is 12.8 Å². The van der Waals surface area contributed by atoms with E-state index in [2.05, 4.69) is 4.98 Å². The van der Waals surface area contributed by atoms with E-state index in [9.17, 15) is 9.59 Å². The van der Waals surface area contributed by atoms with Crippen molar-refractivity contribution in [2.75, 3.05) is 32.8 Å². The number of carbonyl (C=O) groups is 2. The molecule has 2 amide bonds. The molecule has 2 aromatic rings. The molecule has 4 rings (SSSR count). The number of nitrogens with one attached hydrogen (secondary N) is 1. The standard InChI is InChI=1S/C19H21N3O3/c23-18(15-5-6-17-14(13-15)3-2-12-25-17)21-8-10-22(11-9-21)19(24)16-4-1-7-20-16/h1,4-7,13,20H,2-3,8-12H2. The second-order valence-corrected chi connectivity index (χ2v) is 6.44. The van der Waals surface area contributed by atoms with Gasteiger partial charge in [0.25, 0.3) is 11.8 Å². The molecule has 6 heteroatoms. The molecule has 0 aliphatic carbocycles. The van der Waals surface area contributed by atoms with Gasteiger partial charge in [-0.1, -0.05) is 0 Å². The van der Waals surface area contributed by atoms with E-state index < -0.39 is 0 Å². The lowest BCUT2D eigenvalue weighted by atomic mass is 10.0. The zero-order chi connectivity index (χ0) is 17.2. The molecule has 3 heterocycles. The van der Waals surface area contributed by atoms with Crippen LogP contribution in [-0.4, -0.2) is 59.4 Å². The molecule has 1 N–H and O–H groups in total. The van der Waals surface area contributed by atoms with Gasteiger partial charge in [-0.15, -0.1) is 0 Å². The topological polar surface area (TPSA) is 65.6 Å². The third-order valence-electron chi connectivity index (χ3n) is 4.84. The summed E-state index contributed by atoms with van der Waals surface area (Å²) in [6.07, 6.45) is 3.69. The van der Waals surface area contributed by atoms with Crippen molar-refractivity contribution in [1.29, 1.82) is 0 Å². The highest BCUT2D eigenvalue weighted by atomic mass is 16.5. The number of amides is 2. The Morgan fingerprint density at radius 1 is 1.00 bits per heavy atom. The first kappa shape index (κ1) is 15.7. The SMILES string of the molecule is O=C(c1ccc2c(c1)CCCO2)N1CCN(C(=O)c2ccc[nH]2)CC1. The van der Waals surface area contributed by atoms with E-state index in [0.29, 0.717) is 37.4 Å². The molecule has 2 aliphatic heterocycles. The van der Waals surface area contributed by atoms with E-state index in [1.165, 1.54) is 0 Å². The molecule has 1 aromatic carbocycles. The molecule has 130 valence electrons. The summed E-state index contributed by atoms with van der Waals surface area (Å²) >= 11 is 0. The zero-order valence-electron chi connectivity index (χ0n) is 14.0. The largest absolute Gasteiger partial charge is 0.493 e. The number of H-pyrrole nitrogens is 1. The number of aryl methyl sites for hydroxylation is 1. The van der Waals surface area contributed by atoms with E-state index in [1.54, 1.807) is 17.2 Å². The van der Waals surface area contributed by atoms with Gasteiger partial charge < -0.3 is 19.5 Å². The van der Waals surface area contributed by atoms with Crippen molar-refractivity contribution in [3.05, 3.63) is 53.3 Å². The summed E-state index contributed by atoms with van der Waals surface area (Å²) in [5.41, 5.74) is 2.40. The molecule has 2 aliphatic rings. The third-order valence-corrected chi connectivity index (χ3v) is 4.84. The van der Waals surface area contributed by atoms with E-state index in [1.807, 2.05) is 29.2 Å². The van der Waals surface area contributed by atoms with Gasteiger partial charge in [0, 0.05) is 37.9 Å². The minimum absolute atomic E-state index is 0.0111. The molecule has 1 saturated heterocycles. The van der Waals surface area contributed by atoms with Crippen molar-refractivity contribution in [2.24, 2.45) is 0 Å². The summed E-state index contributed by atoms with van der Waals surface area (Å²) in [5, 5.41) is 0. The molecule has 1 fully saturated rings. The molecular formula is C19H21N3O3. The smallest absolute Gasteiger partial charge is 0.270 e. The Kier molecular flexibility index (Phi) is 4.17. The van der Waals surface area contributed by atoms with Crippen LogP contribution in [0.3, 0.4) is 0 Å². The van der Waals surface area contributed by atoms with E-state index in [4.69, 9.17) is 4.74 Å². The summed E-state index contributed by atoms with van der Waals surface area (Å²) in [4.78, 5) is 31.7. The Morgan fingerprint density at radius 3 is 2.48 bits per heavy atom. The molecule has 0 bridgehead atoms. The molecular weight excluding hydrogens is 318 g/mol. The van der Waals surface area contributed by atoms with Crippen LogP contribution in [0, 0.1) is 0 Å². The summed E-state index contributed by atoms with van der Waals surface area (Å²) < 4.78 is 5.61. The Labute approximate surface area is 146 Å². The number of ether oxygens (including phenoxy) is 1. The number of aromatic nitrogens is 1. The van der Waals surface area contributed by atoms with Crippen molar-refractivity contribution in [3.8, 4) is 5.75 Å². The number of hydrogen-bond acceptors (Lipinski definition) is 3. The number of carbonyl (C=O) groups excluding carboxylic acids is 2. The molecule has 0 unspecified atom stereocenters. The number of benzene rings is 1. The lowest BCUT2D eigenvalue weighted by Gasteiger charge is -2.34. The average molecular weight is 339 g/mol. The Balaban J connectivity index is 1.40. The van der Waals surface area contributed by atoms with Crippen LogP contribution in [0.15, 0.2) is 36.5 Å². The number of piperazine rings is 1. The first-order valence-electron chi connectivity index (χ1n) is 8.70. The van der Waals surface area contributed by atoms with Gasteiger partial charge >= 0.3 is 0 Å². The fourth-order valence-corrected chi connectivity index (χ4v) is 3.42. The molecule has 6 nitrogen and oxygen atoms in total. The number of nitrogens with zero attached hydrogens (tertiary/aromatic N) is 2. The fourth-order valence-electron chi connectivity index (χ4n) is 3.42. The molecule has 0 spiro atoms. The maximum Gasteiger partial charge on any atom is 0.270 e. The Bertz CT molecular complexity index is 777. The van der Waals surface area contributed by atoms with Gasteiger partial charge in [0.05, 0.1) is 6.61 Å². The monoisotopic (exact) mass is 339 g/mol. The highest BCUT2D eigenvalue weighted by molar-refractivity contribution is 5.95. The van der Waals surface area contributed by atoms with Crippen LogP contribution < -0.4 is 4.74 Å². The van der Waals surface area contributed by atoms with E-state index in [0.717, 1.165) is 30.8 Å². The first-order chi connectivity index (χ1) is 12.2. The van der Waals surface area contributed by atoms with Gasteiger partial charge in [0.15, 0.2) is 0 Å². The van der Waals surface area contributed by atoms with Crippen LogP contribution in [0.2, 0.25) is 0 Å². The Morgan fingerprint density at radius 2 is 1.76 bits per heavy atom. The van der Waals surface area contributed by atoms with Gasteiger partial charge in [-0.25, -0.2) is 0 Å². The van der Waals surface area contributed by atoms with Crippen molar-refractivity contribution < 1.29 is 14.3 Å². The van der Waals surface area contributed by atoms with Crippen LogP contribution in [-0.2, 0) is 6.42 Å². The van der Waals surface area contributed by atoms with Gasteiger partial charge in [-0.2, -0.15) is 0 Å². The molecule has 0 radical (unpaired) electrons. The summed E-state index contributed by atoms with van der Waals surface area (Å²) in [5.74, 6) is 0.910. The summed E-state index contributed by atoms with van der Waals surface area (Å²) in [7, 11) is 0. The van der Waals surface area contributed by atoms with Crippen molar-refractivity contribution >= 4 is 11.8 Å². The van der Waals surface area contributed by atoms with Gasteiger partial charge in [0.1, 0.15) is 11.4 Å². The van der Waals surface area contributed by atoms with Crippen LogP contribution >= 0.6 is 0 Å². The predicted molar refractivity (Wildman–Crippen MR) is 92.9 cm³/mol. The zero-order valence-corrected chi connectivity index (χ0v) is 14.0. The lowest BCUT2D eigenvalue weighted by molar-refractivity contribution is 0.0532. The number of rotatable bonds is 2. The van der Waals surface area contributed by atoms with Crippen LogP contribution in [0.25, 0.3) is 0 Å². The first-order valence-corrected chi connectivity index (χ1v) is 8.70. The lowest BCUT2D eigenvalue weighted by Crippen LogP contribution is -2.50. The molecule has 25 heavy (non-hydrogen) atoms. The van der Waals surface area contributed by atoms with Crippen LogP contribution in [0.1, 0.15) is 32.8 Å². The maximum absolute atomic E-state index is 12.8. The normalized spacial score (nSPS) is 17.0. The summed E-state index contributed by atoms with van der Waals surface area (Å²) in [6.45, 7) is 2.96. The number of fused-ring (bicyclic) bond motifs is 1. The van der Waals surface area contributed by atoms with Crippen LogP contribution in [0.4, 0.5) is 0 Å². The minimum atomic E-state index is -0.0111. The van der Waals surface area contributed by atoms with E-state index >= 15 is 0 Å². The molecule has 1 aromatic heterocycles. The highest BCUT2D eigenvalue weighted by Crippen LogP contribution is 2.26. The number of hydrogen-bond donors (Lipinski definition) is 1. The van der Waals surface area contributed by atoms with Gasteiger partial charge in [-0.05, 0) is 48.7 Å². The van der Waals surface area contributed by atoms with Crippen molar-refractivity contribution in [1.82, 2.24) is 14.8 Å². The van der Waals surface area contributed by atoms with Crippen molar-refractivity contribution in [3.63, 3.8) is 0 Å². The van der Waals surface area contributed by atoms with Gasteiger partial charge in [0.2, 0.25) is 0 Å². The second kappa shape index (κ2) is 6.63. The predicted octanol–water partition coefficient (Wildman–Crippen LogP) is 1.94. The fraction of sp³-hybridized carbons (Fsp3) is 0.368. The Hall–Kier alpha value is -2.76. The quantitative estimate of drug-likeness (QED) is 0.909. The van der Waals surface area contributed by atoms with Crippen LogP contribution in [0.5, 0.6) is 5.75 Å². The summed E-state index contributed by atoms with van der Waals surface area (Å²) in [6, 6.07) is 9.27. The maximum atomic E-state index is 12.8. The second-order valence-electron chi connectivity index (χ2n) is 6.44. The number of aromatic amines is 1. The molecule has 0 atom stereocenters. The highest BCUT2D eigenvalue weighted by Gasteiger charge is 2.26. The molecule has 0 saturated carbocycles. The average Bonchev–Trinajstić information content (AvgIpc) is 3.21. The van der Waals surface area contributed by atoms with Gasteiger partial charge in [-0.3, -0.25) is 9.59 Å². The minimum Gasteiger partial charge on any atom is -0.493 e. The van der Waals surface area contributed by atoms with E-state index in [-0.39, 0.29) is 11.8 Å². The third kappa shape index (κ3) is 3.12.